The SMILES string of the molecule is COc1ccc(-c2ccc(O)c(C=NN)c2)cc1. The maximum Gasteiger partial charge on any atom is 0.124 e. The standard InChI is InChI=1S/C14H14N2O2/c1-18-13-5-2-10(3-6-13)11-4-7-14(17)12(8-11)9-16-15/h2-9,17H,15H2,1H3. The van der Waals surface area contributed by atoms with Gasteiger partial charge in [-0.2, -0.15) is 5.10 Å². The average Bonchev–Trinajstić information content (AvgIpc) is 2.42. The number of benzene rings is 2. The molecule has 0 atom stereocenters. The number of rotatable bonds is 3. The second kappa shape index (κ2) is 5.23. The molecule has 0 spiro atoms. The number of hydrogen-bond donors (Lipinski definition) is 2. The monoisotopic (exact) mass is 242 g/mol. The summed E-state index contributed by atoms with van der Waals surface area (Å²) in [5.41, 5.74) is 2.60. The lowest BCUT2D eigenvalue weighted by Crippen LogP contribution is -1.89. The van der Waals surface area contributed by atoms with Gasteiger partial charge in [0.25, 0.3) is 0 Å². The van der Waals surface area contributed by atoms with Crippen molar-refractivity contribution in [1.29, 1.82) is 0 Å². The molecule has 0 amide bonds. The molecule has 4 heteroatoms. The van der Waals surface area contributed by atoms with Gasteiger partial charge in [0.05, 0.1) is 13.3 Å². The summed E-state index contributed by atoms with van der Waals surface area (Å²) >= 11 is 0. The summed E-state index contributed by atoms with van der Waals surface area (Å²) in [5.74, 6) is 6.06. The first-order chi connectivity index (χ1) is 8.74. The zero-order valence-electron chi connectivity index (χ0n) is 10.00. The molecule has 18 heavy (non-hydrogen) atoms. The maximum atomic E-state index is 9.63. The first kappa shape index (κ1) is 12.0. The molecule has 2 rings (SSSR count). The largest absolute Gasteiger partial charge is 0.507 e. The molecule has 0 aliphatic rings. The van der Waals surface area contributed by atoms with Crippen LogP contribution in [-0.4, -0.2) is 18.4 Å². The van der Waals surface area contributed by atoms with E-state index in [-0.39, 0.29) is 5.75 Å². The van der Waals surface area contributed by atoms with Gasteiger partial charge in [0.15, 0.2) is 0 Å². The molecule has 2 aromatic rings. The van der Waals surface area contributed by atoms with Crippen LogP contribution in [0.3, 0.4) is 0 Å². The van der Waals surface area contributed by atoms with Crippen LogP contribution >= 0.6 is 0 Å². The zero-order valence-corrected chi connectivity index (χ0v) is 10.00. The van der Waals surface area contributed by atoms with Crippen LogP contribution < -0.4 is 10.6 Å². The highest BCUT2D eigenvalue weighted by atomic mass is 16.5. The second-order valence-electron chi connectivity index (χ2n) is 3.78. The van der Waals surface area contributed by atoms with Gasteiger partial charge in [-0.05, 0) is 35.4 Å². The lowest BCUT2D eigenvalue weighted by Gasteiger charge is -2.06. The molecule has 0 saturated carbocycles. The van der Waals surface area contributed by atoms with Gasteiger partial charge >= 0.3 is 0 Å². The molecule has 2 aromatic carbocycles. The van der Waals surface area contributed by atoms with Crippen LogP contribution in [0.25, 0.3) is 11.1 Å². The fraction of sp³-hybridized carbons (Fsp3) is 0.0714. The van der Waals surface area contributed by atoms with Gasteiger partial charge in [-0.1, -0.05) is 18.2 Å². The van der Waals surface area contributed by atoms with Crippen molar-refractivity contribution in [2.24, 2.45) is 10.9 Å². The van der Waals surface area contributed by atoms with Crippen LogP contribution in [-0.2, 0) is 0 Å². The highest BCUT2D eigenvalue weighted by Gasteiger charge is 2.03. The Kier molecular flexibility index (Phi) is 3.48. The number of ether oxygens (including phenoxy) is 1. The molecular weight excluding hydrogens is 228 g/mol. The number of hydrogen-bond acceptors (Lipinski definition) is 4. The van der Waals surface area contributed by atoms with Crippen LogP contribution in [0.1, 0.15) is 5.56 Å². The van der Waals surface area contributed by atoms with E-state index >= 15 is 0 Å². The van der Waals surface area contributed by atoms with Gasteiger partial charge in [-0.15, -0.1) is 0 Å². The molecule has 92 valence electrons. The van der Waals surface area contributed by atoms with Crippen LogP contribution in [0.5, 0.6) is 11.5 Å². The fourth-order valence-electron chi connectivity index (χ4n) is 1.70. The Bertz CT molecular complexity index is 563. The van der Waals surface area contributed by atoms with E-state index < -0.39 is 0 Å². The Balaban J connectivity index is 2.40. The van der Waals surface area contributed by atoms with Crippen LogP contribution in [0.2, 0.25) is 0 Å². The Morgan fingerprint density at radius 1 is 1.11 bits per heavy atom. The zero-order chi connectivity index (χ0) is 13.0. The van der Waals surface area contributed by atoms with E-state index in [1.54, 1.807) is 13.2 Å². The fourth-order valence-corrected chi connectivity index (χ4v) is 1.70. The van der Waals surface area contributed by atoms with Crippen molar-refractivity contribution in [3.63, 3.8) is 0 Å². The van der Waals surface area contributed by atoms with E-state index in [0.29, 0.717) is 5.56 Å². The summed E-state index contributed by atoms with van der Waals surface area (Å²) < 4.78 is 5.11. The Hall–Kier alpha value is -2.49. The van der Waals surface area contributed by atoms with E-state index in [4.69, 9.17) is 10.6 Å². The topological polar surface area (TPSA) is 67.8 Å². The van der Waals surface area contributed by atoms with Gasteiger partial charge in [0.2, 0.25) is 0 Å². The van der Waals surface area contributed by atoms with Crippen molar-refractivity contribution < 1.29 is 9.84 Å². The van der Waals surface area contributed by atoms with Crippen LogP contribution in [0.4, 0.5) is 0 Å². The number of phenols is 1. The Morgan fingerprint density at radius 2 is 1.78 bits per heavy atom. The molecule has 0 aromatic heterocycles. The van der Waals surface area contributed by atoms with Crippen molar-refractivity contribution in [3.05, 3.63) is 48.0 Å². The van der Waals surface area contributed by atoms with E-state index in [1.165, 1.54) is 6.21 Å². The predicted octanol–water partition coefficient (Wildman–Crippen LogP) is 2.36. The smallest absolute Gasteiger partial charge is 0.124 e. The van der Waals surface area contributed by atoms with E-state index in [2.05, 4.69) is 5.10 Å². The summed E-state index contributed by atoms with van der Waals surface area (Å²) in [7, 11) is 1.63. The number of methoxy groups -OCH3 is 1. The maximum absolute atomic E-state index is 9.63. The molecule has 4 nitrogen and oxygen atoms in total. The van der Waals surface area contributed by atoms with Crippen molar-refractivity contribution in [2.45, 2.75) is 0 Å². The Morgan fingerprint density at radius 3 is 2.39 bits per heavy atom. The minimum atomic E-state index is 0.154. The lowest BCUT2D eigenvalue weighted by molar-refractivity contribution is 0.415. The molecule has 3 N–H and O–H groups in total. The third kappa shape index (κ3) is 2.43. The highest BCUT2D eigenvalue weighted by Crippen LogP contribution is 2.26. The molecule has 0 heterocycles. The number of phenolic OH excluding ortho intramolecular Hbond substituents is 1. The number of hydrazone groups is 1. The lowest BCUT2D eigenvalue weighted by atomic mass is 10.0. The molecule has 0 saturated heterocycles. The van der Waals surface area contributed by atoms with Crippen molar-refractivity contribution in [1.82, 2.24) is 0 Å². The molecular formula is C14H14N2O2. The minimum Gasteiger partial charge on any atom is -0.507 e. The minimum absolute atomic E-state index is 0.154. The highest BCUT2D eigenvalue weighted by molar-refractivity contribution is 5.86. The summed E-state index contributed by atoms with van der Waals surface area (Å²) in [6.07, 6.45) is 1.42. The van der Waals surface area contributed by atoms with E-state index in [9.17, 15) is 5.11 Å². The molecule has 0 unspecified atom stereocenters. The number of nitrogens with two attached hydrogens (primary N) is 1. The predicted molar refractivity (Wildman–Crippen MR) is 71.9 cm³/mol. The van der Waals surface area contributed by atoms with Gasteiger partial charge in [-0.3, -0.25) is 0 Å². The van der Waals surface area contributed by atoms with Crippen LogP contribution in [0, 0.1) is 0 Å². The van der Waals surface area contributed by atoms with E-state index in [1.807, 2.05) is 36.4 Å². The molecule has 0 fully saturated rings. The number of nitrogens with zero attached hydrogens (tertiary/aromatic N) is 1. The van der Waals surface area contributed by atoms with Gasteiger partial charge in [0.1, 0.15) is 11.5 Å². The summed E-state index contributed by atoms with van der Waals surface area (Å²) in [6.45, 7) is 0. The van der Waals surface area contributed by atoms with Gasteiger partial charge < -0.3 is 15.7 Å². The summed E-state index contributed by atoms with van der Waals surface area (Å²) in [4.78, 5) is 0. The third-order valence-electron chi connectivity index (χ3n) is 2.66. The second-order valence-corrected chi connectivity index (χ2v) is 3.78. The molecule has 0 aliphatic carbocycles. The summed E-state index contributed by atoms with van der Waals surface area (Å²) in [5, 5.41) is 13.1. The van der Waals surface area contributed by atoms with Crippen molar-refractivity contribution >= 4 is 6.21 Å². The first-order valence-electron chi connectivity index (χ1n) is 5.45. The summed E-state index contributed by atoms with van der Waals surface area (Å²) in [6, 6.07) is 13.0. The average molecular weight is 242 g/mol. The van der Waals surface area contributed by atoms with E-state index in [0.717, 1.165) is 16.9 Å². The van der Waals surface area contributed by atoms with Crippen molar-refractivity contribution in [2.75, 3.05) is 7.11 Å². The normalized spacial score (nSPS) is 10.7. The Labute approximate surface area is 105 Å². The van der Waals surface area contributed by atoms with Crippen molar-refractivity contribution in [3.8, 4) is 22.6 Å². The van der Waals surface area contributed by atoms with Crippen LogP contribution in [0.15, 0.2) is 47.6 Å². The first-order valence-corrected chi connectivity index (χ1v) is 5.45. The molecule has 0 bridgehead atoms. The quantitative estimate of drug-likeness (QED) is 0.493. The molecule has 0 radical (unpaired) electrons. The third-order valence-corrected chi connectivity index (χ3v) is 2.66. The van der Waals surface area contributed by atoms with Gasteiger partial charge in [0, 0.05) is 5.56 Å². The van der Waals surface area contributed by atoms with Gasteiger partial charge in [-0.25, -0.2) is 0 Å². The number of aromatic hydroxyl groups is 1. The molecule has 0 aliphatic heterocycles.